The van der Waals surface area contributed by atoms with E-state index in [-0.39, 0.29) is 10.9 Å². The average molecular weight is 368 g/mol. The summed E-state index contributed by atoms with van der Waals surface area (Å²) in [6.07, 6.45) is 0. The molecule has 2 aromatic heterocycles. The van der Waals surface area contributed by atoms with Gasteiger partial charge in [0.25, 0.3) is 0 Å². The van der Waals surface area contributed by atoms with E-state index in [1.54, 1.807) is 0 Å². The lowest BCUT2D eigenvalue weighted by atomic mass is 10.0. The lowest BCUT2D eigenvalue weighted by molar-refractivity contribution is 0.992. The van der Waals surface area contributed by atoms with Crippen LogP contribution >= 0.6 is 0 Å². The third kappa shape index (κ3) is 2.12. The quantitative estimate of drug-likeness (QED) is 0.382. The molecule has 0 unspecified atom stereocenters. The van der Waals surface area contributed by atoms with Crippen molar-refractivity contribution in [3.05, 3.63) is 80.1 Å². The Labute approximate surface area is 161 Å². The van der Waals surface area contributed by atoms with Gasteiger partial charge in [-0.05, 0) is 61.4 Å². The molecule has 3 aromatic carbocycles. The highest BCUT2D eigenvalue weighted by Crippen LogP contribution is 2.25. The summed E-state index contributed by atoms with van der Waals surface area (Å²) < 4.78 is 4.02. The zero-order valence-corrected chi connectivity index (χ0v) is 16.3. The molecule has 5 rings (SSSR count). The Morgan fingerprint density at radius 1 is 0.536 bits per heavy atom. The molecule has 0 N–H and O–H groups in total. The van der Waals surface area contributed by atoms with Crippen molar-refractivity contribution in [3.8, 4) is 0 Å². The Hall–Kier alpha value is -3.40. The number of hydrogen-bond acceptors (Lipinski definition) is 2. The maximum atomic E-state index is 13.2. The van der Waals surface area contributed by atoms with E-state index in [9.17, 15) is 9.59 Å². The topological polar surface area (TPSA) is 44.0 Å². The number of pyridine rings is 2. The van der Waals surface area contributed by atoms with E-state index < -0.39 is 0 Å². The SMILES string of the molecule is Cc1ccc2c(=O)c3cc4c(cc3n(C)c2c1)c(=O)c1ccc(C)cc1n4C. The van der Waals surface area contributed by atoms with E-state index in [1.807, 2.05) is 85.6 Å². The van der Waals surface area contributed by atoms with Gasteiger partial charge in [0.15, 0.2) is 10.9 Å². The van der Waals surface area contributed by atoms with Crippen LogP contribution < -0.4 is 10.9 Å². The molecule has 0 atom stereocenters. The summed E-state index contributed by atoms with van der Waals surface area (Å²) in [5.74, 6) is 0. The largest absolute Gasteiger partial charge is 0.343 e. The first-order valence-corrected chi connectivity index (χ1v) is 9.33. The molecule has 5 aromatic rings. The van der Waals surface area contributed by atoms with Gasteiger partial charge in [-0.1, -0.05) is 12.1 Å². The van der Waals surface area contributed by atoms with Crippen molar-refractivity contribution in [3.63, 3.8) is 0 Å². The molecule has 0 radical (unpaired) electrons. The minimum atomic E-state index is 0.00166. The fourth-order valence-corrected chi connectivity index (χ4v) is 4.27. The number of fused-ring (bicyclic) bond motifs is 4. The number of benzene rings is 3. The van der Waals surface area contributed by atoms with Crippen molar-refractivity contribution in [1.82, 2.24) is 9.13 Å². The van der Waals surface area contributed by atoms with Gasteiger partial charge in [0.2, 0.25) is 0 Å². The van der Waals surface area contributed by atoms with Crippen LogP contribution in [0.1, 0.15) is 11.1 Å². The minimum absolute atomic E-state index is 0.00166. The van der Waals surface area contributed by atoms with Crippen LogP contribution in [0, 0.1) is 13.8 Å². The smallest absolute Gasteiger partial charge is 0.197 e. The van der Waals surface area contributed by atoms with E-state index in [2.05, 4.69) is 0 Å². The number of aromatic nitrogens is 2. The number of nitrogens with zero attached hydrogens (tertiary/aromatic N) is 2. The van der Waals surface area contributed by atoms with Crippen molar-refractivity contribution < 1.29 is 0 Å². The molecular weight excluding hydrogens is 348 g/mol. The van der Waals surface area contributed by atoms with Crippen molar-refractivity contribution in [1.29, 1.82) is 0 Å². The molecule has 138 valence electrons. The van der Waals surface area contributed by atoms with Crippen LogP contribution in [0.5, 0.6) is 0 Å². The maximum absolute atomic E-state index is 13.2. The van der Waals surface area contributed by atoms with E-state index in [0.717, 1.165) is 33.2 Å². The average Bonchev–Trinajstić information content (AvgIpc) is 2.69. The molecule has 0 bridgehead atoms. The highest BCUT2D eigenvalue weighted by atomic mass is 16.1. The van der Waals surface area contributed by atoms with Crippen LogP contribution in [0.25, 0.3) is 43.6 Å². The van der Waals surface area contributed by atoms with E-state index in [1.165, 1.54) is 0 Å². The fourth-order valence-electron chi connectivity index (χ4n) is 4.27. The highest BCUT2D eigenvalue weighted by molar-refractivity contribution is 6.03. The van der Waals surface area contributed by atoms with E-state index in [0.29, 0.717) is 21.5 Å². The predicted molar refractivity (Wildman–Crippen MR) is 116 cm³/mol. The molecule has 0 fully saturated rings. The molecule has 0 aliphatic rings. The molecule has 28 heavy (non-hydrogen) atoms. The van der Waals surface area contributed by atoms with Gasteiger partial charge in [-0.2, -0.15) is 0 Å². The van der Waals surface area contributed by atoms with Crippen LogP contribution in [0.2, 0.25) is 0 Å². The van der Waals surface area contributed by atoms with Gasteiger partial charge >= 0.3 is 0 Å². The first-order valence-electron chi connectivity index (χ1n) is 9.33. The van der Waals surface area contributed by atoms with Gasteiger partial charge in [-0.25, -0.2) is 0 Å². The Bertz CT molecular complexity index is 1470. The van der Waals surface area contributed by atoms with Crippen LogP contribution in [-0.4, -0.2) is 9.13 Å². The zero-order valence-electron chi connectivity index (χ0n) is 16.3. The molecule has 0 saturated heterocycles. The second-order valence-electron chi connectivity index (χ2n) is 7.70. The lowest BCUT2D eigenvalue weighted by Crippen LogP contribution is -2.13. The van der Waals surface area contributed by atoms with E-state index >= 15 is 0 Å². The molecule has 4 heteroatoms. The van der Waals surface area contributed by atoms with E-state index in [4.69, 9.17) is 0 Å². The maximum Gasteiger partial charge on any atom is 0.197 e. The minimum Gasteiger partial charge on any atom is -0.343 e. The van der Waals surface area contributed by atoms with Crippen LogP contribution in [-0.2, 0) is 14.1 Å². The van der Waals surface area contributed by atoms with Gasteiger partial charge in [0.05, 0.1) is 22.1 Å². The molecule has 2 heterocycles. The molecule has 4 nitrogen and oxygen atoms in total. The molecule has 0 spiro atoms. The summed E-state index contributed by atoms with van der Waals surface area (Å²) in [6.45, 7) is 4.02. The monoisotopic (exact) mass is 368 g/mol. The molecular formula is C24H20N2O2. The Morgan fingerprint density at radius 3 is 1.29 bits per heavy atom. The molecule has 0 amide bonds. The highest BCUT2D eigenvalue weighted by Gasteiger charge is 2.14. The van der Waals surface area contributed by atoms with Gasteiger partial charge in [-0.15, -0.1) is 0 Å². The standard InChI is InChI=1S/C24H20N2O2/c1-13-5-7-15-19(9-13)25(3)21-11-18-22(12-17(21)23(15)27)26(4)20-10-14(2)6-8-16(20)24(18)28/h5-12H,1-4H3. The third-order valence-electron chi connectivity index (χ3n) is 5.84. The number of hydrogen-bond donors (Lipinski definition) is 0. The Kier molecular flexibility index (Phi) is 3.32. The van der Waals surface area contributed by atoms with Crippen molar-refractivity contribution in [2.24, 2.45) is 14.1 Å². The summed E-state index contributed by atoms with van der Waals surface area (Å²) in [6, 6.07) is 15.5. The summed E-state index contributed by atoms with van der Waals surface area (Å²) in [4.78, 5) is 26.4. The molecule has 0 saturated carbocycles. The fraction of sp³-hybridized carbons (Fsp3) is 0.167. The van der Waals surface area contributed by atoms with Crippen molar-refractivity contribution >= 4 is 43.6 Å². The van der Waals surface area contributed by atoms with Crippen LogP contribution in [0.15, 0.2) is 58.1 Å². The lowest BCUT2D eigenvalue weighted by Gasteiger charge is -2.15. The van der Waals surface area contributed by atoms with Gasteiger partial charge in [0, 0.05) is 35.6 Å². The Balaban J connectivity index is 2.08. The predicted octanol–water partition coefficient (Wildman–Crippen LogP) is 4.31. The van der Waals surface area contributed by atoms with Crippen LogP contribution in [0.3, 0.4) is 0 Å². The zero-order chi connectivity index (χ0) is 19.7. The summed E-state index contributed by atoms with van der Waals surface area (Å²) in [5.41, 5.74) is 5.51. The van der Waals surface area contributed by atoms with Gasteiger partial charge < -0.3 is 9.13 Å². The molecule has 0 aliphatic carbocycles. The Morgan fingerprint density at radius 2 is 0.893 bits per heavy atom. The van der Waals surface area contributed by atoms with Crippen LogP contribution in [0.4, 0.5) is 0 Å². The molecule has 0 aliphatic heterocycles. The summed E-state index contributed by atoms with van der Waals surface area (Å²) in [7, 11) is 3.90. The first kappa shape index (κ1) is 16.8. The van der Waals surface area contributed by atoms with Gasteiger partial charge in [0.1, 0.15) is 0 Å². The third-order valence-corrected chi connectivity index (χ3v) is 5.84. The van der Waals surface area contributed by atoms with Crippen molar-refractivity contribution in [2.75, 3.05) is 0 Å². The number of rotatable bonds is 0. The van der Waals surface area contributed by atoms with Gasteiger partial charge in [-0.3, -0.25) is 9.59 Å². The second kappa shape index (κ2) is 5.55. The summed E-state index contributed by atoms with van der Waals surface area (Å²) in [5, 5.41) is 2.66. The van der Waals surface area contributed by atoms with Crippen molar-refractivity contribution in [2.45, 2.75) is 13.8 Å². The number of aryl methyl sites for hydroxylation is 4. The second-order valence-corrected chi connectivity index (χ2v) is 7.70. The normalized spacial score (nSPS) is 11.9. The summed E-state index contributed by atoms with van der Waals surface area (Å²) >= 11 is 0. The first-order chi connectivity index (χ1) is 13.4.